The Labute approximate surface area is 195 Å². The topological polar surface area (TPSA) is 90.7 Å². The fraction of sp³-hybridized carbons (Fsp3) is 0.440. The molecule has 2 aliphatic rings. The van der Waals surface area contributed by atoms with Crippen molar-refractivity contribution in [3.63, 3.8) is 0 Å². The van der Waals surface area contributed by atoms with Crippen molar-refractivity contribution in [3.05, 3.63) is 70.8 Å². The first-order valence-corrected chi connectivity index (χ1v) is 12.5. The summed E-state index contributed by atoms with van der Waals surface area (Å²) >= 11 is 0. The van der Waals surface area contributed by atoms with Crippen LogP contribution in [-0.2, 0) is 26.1 Å². The van der Waals surface area contributed by atoms with Crippen molar-refractivity contribution in [1.82, 2.24) is 9.21 Å². The molecule has 0 radical (unpaired) electrons. The molecule has 2 aromatic rings. The maximum Gasteiger partial charge on any atom is 0.410 e. The highest BCUT2D eigenvalue weighted by atomic mass is 32.2. The number of nitriles is 1. The Morgan fingerprint density at radius 3 is 2.48 bits per heavy atom. The van der Waals surface area contributed by atoms with Gasteiger partial charge in [0.1, 0.15) is 10.3 Å². The summed E-state index contributed by atoms with van der Waals surface area (Å²) in [4.78, 5) is 14.2. The van der Waals surface area contributed by atoms with E-state index in [1.807, 2.05) is 37.3 Å². The second kappa shape index (κ2) is 8.47. The number of nitrogens with zero attached hydrogens (tertiary/aromatic N) is 3. The summed E-state index contributed by atoms with van der Waals surface area (Å²) in [5.74, 6) is 0. The molecule has 8 heteroatoms. The molecule has 2 heterocycles. The monoisotopic (exact) mass is 467 g/mol. The molecule has 0 bridgehead atoms. The van der Waals surface area contributed by atoms with Gasteiger partial charge in [-0.3, -0.25) is 4.90 Å². The van der Waals surface area contributed by atoms with Gasteiger partial charge in [-0.15, -0.1) is 0 Å². The summed E-state index contributed by atoms with van der Waals surface area (Å²) in [6, 6.07) is 16.8. The van der Waals surface area contributed by atoms with Gasteiger partial charge >= 0.3 is 6.09 Å². The quantitative estimate of drug-likeness (QED) is 0.665. The summed E-state index contributed by atoms with van der Waals surface area (Å²) in [6.07, 6.45) is 0.515. The summed E-state index contributed by atoms with van der Waals surface area (Å²) in [7, 11) is -3.62. The molecule has 0 saturated carbocycles. The van der Waals surface area contributed by atoms with Gasteiger partial charge in [0.15, 0.2) is 0 Å². The van der Waals surface area contributed by atoms with Crippen LogP contribution in [0.5, 0.6) is 0 Å². The highest BCUT2D eigenvalue weighted by molar-refractivity contribution is 7.90. The van der Waals surface area contributed by atoms with Crippen molar-refractivity contribution in [2.75, 3.05) is 19.6 Å². The Morgan fingerprint density at radius 1 is 1.12 bits per heavy atom. The second-order valence-corrected chi connectivity index (χ2v) is 11.9. The van der Waals surface area contributed by atoms with Gasteiger partial charge in [-0.2, -0.15) is 5.26 Å². The number of hydrogen-bond acceptors (Lipinski definition) is 5. The van der Waals surface area contributed by atoms with E-state index in [0.29, 0.717) is 44.6 Å². The Bertz CT molecular complexity index is 1210. The lowest BCUT2D eigenvalue weighted by Gasteiger charge is -2.40. The molecule has 0 atom stereocenters. The van der Waals surface area contributed by atoms with Crippen molar-refractivity contribution in [1.29, 1.82) is 5.26 Å². The van der Waals surface area contributed by atoms with Crippen LogP contribution >= 0.6 is 0 Å². The highest BCUT2D eigenvalue weighted by Crippen LogP contribution is 2.39. The largest absolute Gasteiger partial charge is 0.441 e. The highest BCUT2D eigenvalue weighted by Gasteiger charge is 2.50. The van der Waals surface area contributed by atoms with Crippen molar-refractivity contribution >= 4 is 16.1 Å². The minimum absolute atomic E-state index is 0.308. The number of piperidine rings is 1. The predicted octanol–water partition coefficient (Wildman–Crippen LogP) is 3.92. The smallest absolute Gasteiger partial charge is 0.410 e. The lowest BCUT2D eigenvalue weighted by Crippen LogP contribution is -2.52. The number of carbonyl (C=O) groups excluding carboxylic acids is 1. The van der Waals surface area contributed by atoms with Crippen LogP contribution < -0.4 is 0 Å². The maximum atomic E-state index is 13.6. The molecule has 2 aromatic carbocycles. The molecule has 0 aliphatic carbocycles. The zero-order chi connectivity index (χ0) is 23.9. The zero-order valence-corrected chi connectivity index (χ0v) is 20.1. The SMILES string of the molecule is Cc1ccccc1C(C)(C)S(=O)(=O)N1CCC2(CC1)CN(Cc1cccc(C#N)c1)C(=O)O2. The Balaban J connectivity index is 1.45. The molecule has 4 rings (SSSR count). The first-order chi connectivity index (χ1) is 15.6. The average Bonchev–Trinajstić information content (AvgIpc) is 3.08. The van der Waals surface area contributed by atoms with Gasteiger partial charge in [-0.05, 0) is 49.6 Å². The van der Waals surface area contributed by atoms with Crippen molar-refractivity contribution in [2.45, 2.75) is 50.5 Å². The molecule has 1 amide bonds. The molecule has 174 valence electrons. The van der Waals surface area contributed by atoms with Crippen LogP contribution in [0.1, 0.15) is 48.9 Å². The van der Waals surface area contributed by atoms with Gasteiger partial charge in [-0.1, -0.05) is 36.4 Å². The van der Waals surface area contributed by atoms with E-state index in [4.69, 9.17) is 10.00 Å². The maximum absolute atomic E-state index is 13.6. The number of aryl methyl sites for hydroxylation is 1. The van der Waals surface area contributed by atoms with E-state index in [1.165, 1.54) is 4.31 Å². The van der Waals surface area contributed by atoms with Crippen LogP contribution in [-0.4, -0.2) is 49.0 Å². The van der Waals surface area contributed by atoms with Gasteiger partial charge < -0.3 is 4.74 Å². The van der Waals surface area contributed by atoms with Crippen LogP contribution in [0, 0.1) is 18.3 Å². The van der Waals surface area contributed by atoms with Gasteiger partial charge in [0.25, 0.3) is 0 Å². The standard InChI is InChI=1S/C25H29N3O4S/c1-19-7-4-5-10-22(19)24(2,3)33(30,31)28-13-11-25(12-14-28)18-27(23(29)32-25)17-21-9-6-8-20(15-21)16-26/h4-10,15H,11-14,17-18H2,1-3H3. The first kappa shape index (κ1) is 23.3. The molecule has 2 aliphatic heterocycles. The van der Waals surface area contributed by atoms with Crippen LogP contribution in [0.4, 0.5) is 4.79 Å². The van der Waals surface area contributed by atoms with Crippen LogP contribution in [0.15, 0.2) is 48.5 Å². The third kappa shape index (κ3) is 4.23. The molecular weight excluding hydrogens is 438 g/mol. The van der Waals surface area contributed by atoms with Gasteiger partial charge in [0, 0.05) is 32.5 Å². The van der Waals surface area contributed by atoms with E-state index < -0.39 is 26.5 Å². The summed E-state index contributed by atoms with van der Waals surface area (Å²) < 4.78 is 33.4. The van der Waals surface area contributed by atoms with Crippen LogP contribution in [0.3, 0.4) is 0 Å². The second-order valence-electron chi connectivity index (χ2n) is 9.45. The van der Waals surface area contributed by atoms with Crippen molar-refractivity contribution < 1.29 is 17.9 Å². The molecule has 1 spiro atoms. The van der Waals surface area contributed by atoms with Gasteiger partial charge in [0.2, 0.25) is 10.0 Å². The van der Waals surface area contributed by atoms with Crippen LogP contribution in [0.25, 0.3) is 0 Å². The minimum atomic E-state index is -3.62. The fourth-order valence-electron chi connectivity index (χ4n) is 4.88. The fourth-order valence-corrected chi connectivity index (χ4v) is 6.69. The van der Waals surface area contributed by atoms with E-state index in [2.05, 4.69) is 6.07 Å². The third-order valence-electron chi connectivity index (χ3n) is 6.88. The minimum Gasteiger partial charge on any atom is -0.441 e. The van der Waals surface area contributed by atoms with E-state index >= 15 is 0 Å². The number of carbonyl (C=O) groups is 1. The number of benzene rings is 2. The van der Waals surface area contributed by atoms with E-state index in [9.17, 15) is 13.2 Å². The van der Waals surface area contributed by atoms with E-state index in [0.717, 1.165) is 16.7 Å². The Hall–Kier alpha value is -2.89. The molecule has 33 heavy (non-hydrogen) atoms. The molecule has 7 nitrogen and oxygen atoms in total. The third-order valence-corrected chi connectivity index (χ3v) is 9.44. The molecule has 0 aromatic heterocycles. The van der Waals surface area contributed by atoms with E-state index in [1.54, 1.807) is 36.9 Å². The van der Waals surface area contributed by atoms with Gasteiger partial charge in [0.05, 0.1) is 18.2 Å². The van der Waals surface area contributed by atoms with Crippen molar-refractivity contribution in [2.24, 2.45) is 0 Å². The van der Waals surface area contributed by atoms with E-state index in [-0.39, 0.29) is 0 Å². The molecule has 2 saturated heterocycles. The summed E-state index contributed by atoms with van der Waals surface area (Å²) in [5.41, 5.74) is 2.47. The summed E-state index contributed by atoms with van der Waals surface area (Å²) in [6.45, 7) is 6.82. The Kier molecular flexibility index (Phi) is 5.97. The predicted molar refractivity (Wildman–Crippen MR) is 125 cm³/mol. The average molecular weight is 468 g/mol. The first-order valence-electron chi connectivity index (χ1n) is 11.1. The number of rotatable bonds is 5. The number of ether oxygens (including phenoxy) is 1. The lowest BCUT2D eigenvalue weighted by atomic mass is 9.92. The van der Waals surface area contributed by atoms with Crippen LogP contribution in [0.2, 0.25) is 0 Å². The Morgan fingerprint density at radius 2 is 1.82 bits per heavy atom. The molecular formula is C25H29N3O4S. The summed E-state index contributed by atoms with van der Waals surface area (Å²) in [5, 5.41) is 9.10. The molecule has 0 N–H and O–H groups in total. The lowest BCUT2D eigenvalue weighted by molar-refractivity contribution is 0.0168. The number of amides is 1. The zero-order valence-electron chi connectivity index (χ0n) is 19.2. The molecule has 0 unspecified atom stereocenters. The van der Waals surface area contributed by atoms with Gasteiger partial charge in [-0.25, -0.2) is 17.5 Å². The number of sulfonamides is 1. The number of hydrogen-bond donors (Lipinski definition) is 0. The van der Waals surface area contributed by atoms with Crippen molar-refractivity contribution in [3.8, 4) is 6.07 Å². The normalized spacial score (nSPS) is 18.8. The molecule has 2 fully saturated rings.